The summed E-state index contributed by atoms with van der Waals surface area (Å²) in [6.45, 7) is 3.10. The Bertz CT molecular complexity index is 1680. The third kappa shape index (κ3) is 2.71. The Morgan fingerprint density at radius 3 is 2.11 bits per heavy atom. The van der Waals surface area contributed by atoms with Crippen molar-refractivity contribution in [3.63, 3.8) is 0 Å². The van der Waals surface area contributed by atoms with Gasteiger partial charge >= 0.3 is 17.9 Å². The van der Waals surface area contributed by atoms with E-state index in [0.717, 1.165) is 101 Å². The largest absolute Gasteiger partial charge is 0.450 e. The van der Waals surface area contributed by atoms with Gasteiger partial charge < -0.3 is 14.2 Å². The molecule has 45 heavy (non-hydrogen) atoms. The van der Waals surface area contributed by atoms with Crippen LogP contribution in [-0.4, -0.2) is 105 Å². The lowest BCUT2D eigenvalue weighted by atomic mass is 9.63. The van der Waals surface area contributed by atoms with Gasteiger partial charge in [-0.2, -0.15) is 0 Å². The smallest absolute Gasteiger partial charge is 0.335 e. The fourth-order valence-corrected chi connectivity index (χ4v) is 13.8. The molecule has 0 radical (unpaired) electrons. The van der Waals surface area contributed by atoms with E-state index >= 15 is 0 Å². The van der Waals surface area contributed by atoms with E-state index in [0.29, 0.717) is 12.5 Å². The van der Waals surface area contributed by atoms with Crippen LogP contribution < -0.4 is 0 Å². The van der Waals surface area contributed by atoms with Gasteiger partial charge in [-0.1, -0.05) is 6.08 Å². The third-order valence-corrected chi connectivity index (χ3v) is 15.0. The number of ether oxygens (including phenoxy) is 3. The molecule has 8 fully saturated rings. The van der Waals surface area contributed by atoms with Gasteiger partial charge in [0.1, 0.15) is 0 Å². The first-order valence-corrected chi connectivity index (χ1v) is 17.8. The maximum atomic E-state index is 14.4. The van der Waals surface area contributed by atoms with E-state index in [9.17, 15) is 14.4 Å². The molecule has 9 aliphatic heterocycles. The van der Waals surface area contributed by atoms with Crippen molar-refractivity contribution in [3.05, 3.63) is 46.1 Å². The molecule has 9 heteroatoms. The number of rotatable bonds is 2. The highest BCUT2D eigenvalue weighted by Gasteiger charge is 2.71. The summed E-state index contributed by atoms with van der Waals surface area (Å²) in [5.74, 6) is -0.300. The van der Waals surface area contributed by atoms with Gasteiger partial charge in [0.2, 0.25) is 0 Å². The number of carbonyl (C=O) groups excluding carboxylic acids is 3. The van der Waals surface area contributed by atoms with Crippen molar-refractivity contribution in [2.45, 2.75) is 124 Å². The van der Waals surface area contributed by atoms with Crippen molar-refractivity contribution in [1.82, 2.24) is 14.7 Å². The molecule has 9 nitrogen and oxygen atoms in total. The lowest BCUT2D eigenvalue weighted by Gasteiger charge is -2.42. The molecule has 0 aromatic rings. The zero-order valence-corrected chi connectivity index (χ0v) is 25.5. The number of hydrogen-bond donors (Lipinski definition) is 0. The number of fused-ring (bicyclic) bond motifs is 9. The van der Waals surface area contributed by atoms with Crippen LogP contribution in [0.4, 0.5) is 0 Å². The van der Waals surface area contributed by atoms with Gasteiger partial charge in [0.05, 0.1) is 18.1 Å². The molecule has 2 saturated carbocycles. The van der Waals surface area contributed by atoms with E-state index < -0.39 is 16.8 Å². The quantitative estimate of drug-likeness (QED) is 0.347. The van der Waals surface area contributed by atoms with E-state index in [-0.39, 0.29) is 60.0 Å². The van der Waals surface area contributed by atoms with E-state index in [4.69, 9.17) is 14.2 Å². The minimum absolute atomic E-state index is 0.0143. The van der Waals surface area contributed by atoms with Crippen molar-refractivity contribution >= 4 is 17.9 Å². The van der Waals surface area contributed by atoms with E-state index in [1.54, 1.807) is 6.08 Å². The molecule has 6 saturated heterocycles. The molecule has 3 aliphatic carbocycles. The molecule has 0 aromatic heterocycles. The van der Waals surface area contributed by atoms with Gasteiger partial charge in [-0.25, -0.2) is 14.4 Å². The van der Waals surface area contributed by atoms with Crippen LogP contribution in [0.1, 0.15) is 70.6 Å². The van der Waals surface area contributed by atoms with Gasteiger partial charge in [-0.15, -0.1) is 0 Å². The topological polar surface area (TPSA) is 88.6 Å². The number of nitrogens with zero attached hydrogens (tertiary/aromatic N) is 3. The summed E-state index contributed by atoms with van der Waals surface area (Å²) in [6, 6.07) is 1.50. The Morgan fingerprint density at radius 2 is 1.31 bits per heavy atom. The Morgan fingerprint density at radius 1 is 0.667 bits per heavy atom. The minimum atomic E-state index is -0.541. The monoisotopic (exact) mass is 609 g/mol. The van der Waals surface area contributed by atoms with Crippen molar-refractivity contribution in [2.24, 2.45) is 11.8 Å². The van der Waals surface area contributed by atoms with Gasteiger partial charge in [0.15, 0.2) is 16.8 Å². The summed E-state index contributed by atoms with van der Waals surface area (Å²) in [6.07, 6.45) is 16.6. The van der Waals surface area contributed by atoms with Crippen molar-refractivity contribution in [2.75, 3.05) is 19.6 Å². The van der Waals surface area contributed by atoms with E-state index in [1.165, 1.54) is 11.1 Å². The molecule has 0 N–H and O–H groups in total. The Hall–Kier alpha value is -2.75. The molecule has 234 valence electrons. The predicted octanol–water partition coefficient (Wildman–Crippen LogP) is 2.71. The zero-order valence-electron chi connectivity index (χ0n) is 25.5. The summed E-state index contributed by atoms with van der Waals surface area (Å²) >= 11 is 0. The molecule has 9 heterocycles. The number of esters is 3. The van der Waals surface area contributed by atoms with E-state index in [1.807, 2.05) is 6.08 Å². The first-order valence-electron chi connectivity index (χ1n) is 17.8. The van der Waals surface area contributed by atoms with Crippen LogP contribution in [0.3, 0.4) is 0 Å². The molecule has 11 atom stereocenters. The number of hydrogen-bond acceptors (Lipinski definition) is 9. The second-order valence-corrected chi connectivity index (χ2v) is 16.3. The standard InChI is InChI=1S/C36H39N3O6/c40-30-11-18-10-22(26-16-34(18,43-30)27-4-2-9-39(26)27)32-24-13-21(25-17-36(24,45-33(32)42)29-6-3-8-38(25)29)20-12-19-15-35(23(20)14-31(41)44-35)28-5-1-7-37(19)28/h11-12,14,19,21-22,25-29H,1-10,13,15-17H2/t19-,21-,22-,25+,26+,27+,28+,29+,34-,35-,36-/m0/s1. The molecule has 3 spiro atoms. The van der Waals surface area contributed by atoms with Crippen molar-refractivity contribution in [1.29, 1.82) is 0 Å². The second-order valence-electron chi connectivity index (χ2n) is 16.3. The minimum Gasteiger partial charge on any atom is -0.450 e. The summed E-state index contributed by atoms with van der Waals surface area (Å²) < 4.78 is 19.2. The molecule has 0 unspecified atom stereocenters. The highest BCUT2D eigenvalue weighted by Crippen LogP contribution is 2.65. The molecular formula is C36H39N3O6. The highest BCUT2D eigenvalue weighted by atomic mass is 16.6. The van der Waals surface area contributed by atoms with Gasteiger partial charge in [0.25, 0.3) is 0 Å². The van der Waals surface area contributed by atoms with Gasteiger partial charge in [-0.3, -0.25) is 14.7 Å². The van der Waals surface area contributed by atoms with Crippen molar-refractivity contribution < 1.29 is 28.6 Å². The Labute approximate surface area is 262 Å². The first-order chi connectivity index (χ1) is 21.9. The van der Waals surface area contributed by atoms with Crippen LogP contribution in [0.25, 0.3) is 0 Å². The summed E-state index contributed by atoms with van der Waals surface area (Å²) in [7, 11) is 0. The first kappa shape index (κ1) is 25.4. The maximum absolute atomic E-state index is 14.4. The second kappa shape index (κ2) is 7.85. The molecule has 0 amide bonds. The normalized spacial score (nSPS) is 51.7. The lowest BCUT2D eigenvalue weighted by molar-refractivity contribution is -0.150. The molecule has 6 bridgehead atoms. The predicted molar refractivity (Wildman–Crippen MR) is 158 cm³/mol. The average Bonchev–Trinajstić information content (AvgIpc) is 3.85. The summed E-state index contributed by atoms with van der Waals surface area (Å²) in [5, 5.41) is 0. The van der Waals surface area contributed by atoms with Crippen LogP contribution in [0.15, 0.2) is 46.1 Å². The van der Waals surface area contributed by atoms with E-state index in [2.05, 4.69) is 20.8 Å². The Balaban J connectivity index is 1.02. The van der Waals surface area contributed by atoms with Crippen LogP contribution in [0, 0.1) is 11.8 Å². The number of carbonyl (C=O) groups is 3. The summed E-state index contributed by atoms with van der Waals surface area (Å²) in [4.78, 5) is 48.0. The molecule has 0 aromatic carbocycles. The molecule has 12 rings (SSSR count). The maximum Gasteiger partial charge on any atom is 0.335 e. The van der Waals surface area contributed by atoms with Crippen LogP contribution in [-0.2, 0) is 28.6 Å². The third-order valence-electron chi connectivity index (χ3n) is 15.0. The molecular weight excluding hydrogens is 570 g/mol. The van der Waals surface area contributed by atoms with Crippen LogP contribution >= 0.6 is 0 Å². The fraction of sp³-hybridized carbons (Fsp3) is 0.694. The fourth-order valence-electron chi connectivity index (χ4n) is 13.8. The summed E-state index contributed by atoms with van der Waals surface area (Å²) in [5.41, 5.74) is 4.16. The highest BCUT2D eigenvalue weighted by molar-refractivity contribution is 5.95. The van der Waals surface area contributed by atoms with Crippen LogP contribution in [0.2, 0.25) is 0 Å². The van der Waals surface area contributed by atoms with Gasteiger partial charge in [0, 0.05) is 72.5 Å². The van der Waals surface area contributed by atoms with Crippen LogP contribution in [0.5, 0.6) is 0 Å². The Kier molecular flexibility index (Phi) is 4.42. The molecule has 12 aliphatic rings. The van der Waals surface area contributed by atoms with Crippen molar-refractivity contribution in [3.8, 4) is 0 Å². The average molecular weight is 610 g/mol. The lowest BCUT2D eigenvalue weighted by Crippen LogP contribution is -2.46. The zero-order chi connectivity index (χ0) is 29.6. The SMILES string of the molecule is O=C1C=C2C[C@H](C3=C4C[C@@H](C5=C[C@H]6C[C@@]7(OC(=O)C=C57)[C@H]5CCCN65)[C@H]5C[C@@]4(OC3=O)[C@H]3CCCN53)[C@H]3C[C@@]2(O1)[C@H]1CCCN31. The van der Waals surface area contributed by atoms with Gasteiger partial charge in [-0.05, 0) is 87.7 Å².